The van der Waals surface area contributed by atoms with Gasteiger partial charge in [0, 0.05) is 18.2 Å². The maximum absolute atomic E-state index is 12.3. The van der Waals surface area contributed by atoms with Crippen molar-refractivity contribution in [1.82, 2.24) is 25.5 Å². The van der Waals surface area contributed by atoms with Gasteiger partial charge in [-0.05, 0) is 47.5 Å². The monoisotopic (exact) mass is 350 g/mol. The quantitative estimate of drug-likeness (QED) is 0.714. The van der Waals surface area contributed by atoms with Crippen LogP contribution in [0.3, 0.4) is 0 Å². The minimum Gasteiger partial charge on any atom is -0.337 e. The first kappa shape index (κ1) is 17.6. The van der Waals surface area contributed by atoms with Gasteiger partial charge in [0.2, 0.25) is 0 Å². The van der Waals surface area contributed by atoms with Crippen LogP contribution in [0.4, 0.5) is 10.5 Å². The average Bonchev–Trinajstić information content (AvgIpc) is 3.09. The number of aromatic nitrogens is 4. The van der Waals surface area contributed by atoms with Crippen molar-refractivity contribution in [2.45, 2.75) is 26.2 Å². The molecule has 0 unspecified atom stereocenters. The van der Waals surface area contributed by atoms with Gasteiger partial charge in [-0.3, -0.25) is 0 Å². The number of rotatable bonds is 6. The van der Waals surface area contributed by atoms with Crippen LogP contribution in [0.15, 0.2) is 54.6 Å². The van der Waals surface area contributed by atoms with Crippen molar-refractivity contribution in [2.75, 3.05) is 11.9 Å². The van der Waals surface area contributed by atoms with Crippen molar-refractivity contribution >= 4 is 11.7 Å². The second-order valence-electron chi connectivity index (χ2n) is 6.04. The minimum atomic E-state index is -0.232. The fraction of sp³-hybridized carbons (Fsp3) is 0.263. The highest BCUT2D eigenvalue weighted by Gasteiger charge is 2.11. The molecule has 0 bridgehead atoms. The smallest absolute Gasteiger partial charge is 0.319 e. The van der Waals surface area contributed by atoms with E-state index in [0.29, 0.717) is 18.1 Å². The second-order valence-corrected chi connectivity index (χ2v) is 6.04. The molecule has 2 N–H and O–H groups in total. The largest absolute Gasteiger partial charge is 0.337 e. The van der Waals surface area contributed by atoms with Gasteiger partial charge in [-0.25, -0.2) is 4.79 Å². The van der Waals surface area contributed by atoms with E-state index in [9.17, 15) is 4.79 Å². The lowest BCUT2D eigenvalue weighted by molar-refractivity contribution is 0.251. The molecule has 3 aromatic rings. The van der Waals surface area contributed by atoms with E-state index >= 15 is 0 Å². The zero-order chi connectivity index (χ0) is 18.4. The van der Waals surface area contributed by atoms with E-state index in [1.807, 2.05) is 49.4 Å². The first-order valence-corrected chi connectivity index (χ1v) is 8.62. The molecule has 0 spiro atoms. The SMILES string of the molecule is CC[C@@H](CNC(=O)Nc1cccc(-n2nnnc2C)c1)c1ccccc1. The normalized spacial score (nSPS) is 11.8. The molecule has 1 aromatic heterocycles. The number of benzene rings is 2. The van der Waals surface area contributed by atoms with E-state index in [2.05, 4.69) is 45.2 Å². The molecule has 0 saturated carbocycles. The summed E-state index contributed by atoms with van der Waals surface area (Å²) in [6, 6.07) is 17.4. The van der Waals surface area contributed by atoms with Crippen LogP contribution < -0.4 is 10.6 Å². The fourth-order valence-electron chi connectivity index (χ4n) is 2.80. The Morgan fingerprint density at radius 2 is 1.96 bits per heavy atom. The highest BCUT2D eigenvalue weighted by atomic mass is 16.2. The predicted octanol–water partition coefficient (Wildman–Crippen LogP) is 3.29. The number of hydrogen-bond acceptors (Lipinski definition) is 4. The molecular formula is C19H22N6O. The molecule has 2 amide bonds. The van der Waals surface area contributed by atoms with Crippen LogP contribution in [0, 0.1) is 6.92 Å². The van der Waals surface area contributed by atoms with E-state index in [0.717, 1.165) is 12.1 Å². The topological polar surface area (TPSA) is 84.7 Å². The van der Waals surface area contributed by atoms with Gasteiger partial charge in [0.15, 0.2) is 5.82 Å². The standard InChI is InChI=1S/C19H22N6O/c1-3-15(16-8-5-4-6-9-16)13-20-19(26)21-17-10-7-11-18(12-17)25-14(2)22-23-24-25/h4-12,15H,3,13H2,1-2H3,(H2,20,21,26)/t15-/m0/s1. The van der Waals surface area contributed by atoms with Crippen LogP contribution in [-0.4, -0.2) is 32.8 Å². The van der Waals surface area contributed by atoms with E-state index < -0.39 is 0 Å². The molecule has 0 aliphatic rings. The van der Waals surface area contributed by atoms with Gasteiger partial charge in [0.25, 0.3) is 0 Å². The molecule has 0 aliphatic heterocycles. The minimum absolute atomic E-state index is 0.232. The fourth-order valence-corrected chi connectivity index (χ4v) is 2.80. The van der Waals surface area contributed by atoms with E-state index in [1.54, 1.807) is 4.68 Å². The third-order valence-corrected chi connectivity index (χ3v) is 4.25. The zero-order valence-corrected chi connectivity index (χ0v) is 14.9. The van der Waals surface area contributed by atoms with Crippen LogP contribution in [0.25, 0.3) is 5.69 Å². The van der Waals surface area contributed by atoms with Crippen molar-refractivity contribution < 1.29 is 4.79 Å². The lowest BCUT2D eigenvalue weighted by Crippen LogP contribution is -2.32. The van der Waals surface area contributed by atoms with Gasteiger partial charge in [-0.15, -0.1) is 5.10 Å². The summed E-state index contributed by atoms with van der Waals surface area (Å²) in [5, 5.41) is 17.3. The summed E-state index contributed by atoms with van der Waals surface area (Å²) < 4.78 is 1.62. The van der Waals surface area contributed by atoms with Gasteiger partial charge >= 0.3 is 6.03 Å². The Hall–Kier alpha value is -3.22. The molecule has 3 rings (SSSR count). The maximum Gasteiger partial charge on any atom is 0.319 e. The van der Waals surface area contributed by atoms with Gasteiger partial charge < -0.3 is 10.6 Å². The number of nitrogens with one attached hydrogen (secondary N) is 2. The molecule has 134 valence electrons. The van der Waals surface area contributed by atoms with Crippen molar-refractivity contribution in [3.63, 3.8) is 0 Å². The number of carbonyl (C=O) groups is 1. The number of anilines is 1. The first-order chi connectivity index (χ1) is 12.7. The Balaban J connectivity index is 1.61. The molecule has 26 heavy (non-hydrogen) atoms. The summed E-state index contributed by atoms with van der Waals surface area (Å²) in [6.07, 6.45) is 0.957. The van der Waals surface area contributed by atoms with Crippen molar-refractivity contribution in [3.05, 3.63) is 66.0 Å². The summed E-state index contributed by atoms with van der Waals surface area (Å²) >= 11 is 0. The Morgan fingerprint density at radius 3 is 2.65 bits per heavy atom. The Labute approximate surface area is 152 Å². The van der Waals surface area contributed by atoms with E-state index in [1.165, 1.54) is 5.56 Å². The van der Waals surface area contributed by atoms with Crippen LogP contribution in [-0.2, 0) is 0 Å². The van der Waals surface area contributed by atoms with Gasteiger partial charge in [-0.2, -0.15) is 4.68 Å². The lowest BCUT2D eigenvalue weighted by atomic mass is 9.97. The lowest BCUT2D eigenvalue weighted by Gasteiger charge is -2.16. The third kappa shape index (κ3) is 4.24. The summed E-state index contributed by atoms with van der Waals surface area (Å²) in [6.45, 7) is 4.52. The molecule has 7 heteroatoms. The van der Waals surface area contributed by atoms with Crippen molar-refractivity contribution in [2.24, 2.45) is 0 Å². The molecule has 0 radical (unpaired) electrons. The van der Waals surface area contributed by atoms with Crippen LogP contribution in [0.5, 0.6) is 0 Å². The van der Waals surface area contributed by atoms with Crippen LogP contribution in [0.2, 0.25) is 0 Å². The van der Waals surface area contributed by atoms with Crippen molar-refractivity contribution in [1.29, 1.82) is 0 Å². The van der Waals surface area contributed by atoms with Crippen LogP contribution in [0.1, 0.15) is 30.7 Å². The number of amides is 2. The Kier molecular flexibility index (Phi) is 5.58. The van der Waals surface area contributed by atoms with Gasteiger partial charge in [0.05, 0.1) is 5.69 Å². The summed E-state index contributed by atoms with van der Waals surface area (Å²) in [5.74, 6) is 0.970. The van der Waals surface area contributed by atoms with Gasteiger partial charge in [0.1, 0.15) is 0 Å². The summed E-state index contributed by atoms with van der Waals surface area (Å²) in [5.41, 5.74) is 2.70. The number of urea groups is 1. The predicted molar refractivity (Wildman–Crippen MR) is 100 cm³/mol. The Morgan fingerprint density at radius 1 is 1.15 bits per heavy atom. The highest BCUT2D eigenvalue weighted by molar-refractivity contribution is 5.89. The first-order valence-electron chi connectivity index (χ1n) is 8.62. The van der Waals surface area contributed by atoms with E-state index in [-0.39, 0.29) is 11.9 Å². The van der Waals surface area contributed by atoms with Gasteiger partial charge in [-0.1, -0.05) is 43.3 Å². The number of tetrazole rings is 1. The molecule has 1 atom stereocenters. The molecular weight excluding hydrogens is 328 g/mol. The number of carbonyl (C=O) groups excluding carboxylic acids is 1. The summed E-state index contributed by atoms with van der Waals surface area (Å²) in [4.78, 5) is 12.3. The summed E-state index contributed by atoms with van der Waals surface area (Å²) in [7, 11) is 0. The molecule has 0 aliphatic carbocycles. The molecule has 2 aromatic carbocycles. The molecule has 0 saturated heterocycles. The maximum atomic E-state index is 12.3. The average molecular weight is 350 g/mol. The molecule has 7 nitrogen and oxygen atoms in total. The zero-order valence-electron chi connectivity index (χ0n) is 14.9. The number of aryl methyl sites for hydroxylation is 1. The second kappa shape index (κ2) is 8.24. The Bertz CT molecular complexity index is 861. The molecule has 1 heterocycles. The van der Waals surface area contributed by atoms with E-state index in [4.69, 9.17) is 0 Å². The van der Waals surface area contributed by atoms with Crippen LogP contribution >= 0.6 is 0 Å². The third-order valence-electron chi connectivity index (χ3n) is 4.25. The highest BCUT2D eigenvalue weighted by Crippen LogP contribution is 2.18. The van der Waals surface area contributed by atoms with Crippen molar-refractivity contribution in [3.8, 4) is 5.69 Å². The number of nitrogens with zero attached hydrogens (tertiary/aromatic N) is 4. The number of hydrogen-bond donors (Lipinski definition) is 2. The molecule has 0 fully saturated rings.